The van der Waals surface area contributed by atoms with Gasteiger partial charge in [-0.3, -0.25) is 9.10 Å². The molecule has 4 rings (SSSR count). The average molecular weight is 542 g/mol. The third kappa shape index (κ3) is 6.97. The number of nitrogens with one attached hydrogen (secondary N) is 1. The second-order valence-electron chi connectivity index (χ2n) is 8.73. The summed E-state index contributed by atoms with van der Waals surface area (Å²) in [6, 6.07) is 28.6. The van der Waals surface area contributed by atoms with Crippen LogP contribution in [0.5, 0.6) is 5.75 Å². The summed E-state index contributed by atoms with van der Waals surface area (Å²) in [5, 5.41) is 3.96. The normalized spacial score (nSPS) is 11.2. The van der Waals surface area contributed by atoms with E-state index in [-0.39, 0.29) is 4.90 Å². The number of hydrogen-bond acceptors (Lipinski definition) is 6. The highest BCUT2D eigenvalue weighted by Gasteiger charge is 2.28. The number of amides is 1. The van der Waals surface area contributed by atoms with E-state index in [1.54, 1.807) is 91.9 Å². The number of ether oxygens (including phenoxy) is 1. The molecule has 0 aliphatic heterocycles. The molecular weight excluding hydrogens is 514 g/mol. The fraction of sp³-hybridized carbons (Fsp3) is 0.100. The Hall–Kier alpha value is -4.76. The van der Waals surface area contributed by atoms with Crippen LogP contribution < -0.4 is 14.5 Å². The Morgan fingerprint density at radius 1 is 0.846 bits per heavy atom. The second kappa shape index (κ2) is 12.2. The first kappa shape index (κ1) is 27.3. The first-order chi connectivity index (χ1) is 18.7. The van der Waals surface area contributed by atoms with Crippen molar-refractivity contribution in [3.8, 4) is 5.75 Å². The molecule has 4 aromatic carbocycles. The van der Waals surface area contributed by atoms with E-state index < -0.39 is 28.4 Å². The third-order valence-electron chi connectivity index (χ3n) is 5.78. The molecule has 0 aliphatic rings. The maximum Gasteiger partial charge on any atom is 0.343 e. The lowest BCUT2D eigenvalue weighted by molar-refractivity contribution is -0.119. The smallest absolute Gasteiger partial charge is 0.343 e. The van der Waals surface area contributed by atoms with Crippen molar-refractivity contribution >= 4 is 33.8 Å². The molecule has 0 aliphatic carbocycles. The van der Waals surface area contributed by atoms with E-state index in [1.165, 1.54) is 18.3 Å². The quantitative estimate of drug-likeness (QED) is 0.141. The lowest BCUT2D eigenvalue weighted by Gasteiger charge is -2.25. The zero-order valence-electron chi connectivity index (χ0n) is 21.4. The molecule has 39 heavy (non-hydrogen) atoms. The largest absolute Gasteiger partial charge is 0.423 e. The Kier molecular flexibility index (Phi) is 8.53. The van der Waals surface area contributed by atoms with Gasteiger partial charge in [-0.2, -0.15) is 5.10 Å². The molecule has 0 heterocycles. The fourth-order valence-corrected chi connectivity index (χ4v) is 5.17. The maximum atomic E-state index is 13.5. The minimum atomic E-state index is -4.02. The predicted molar refractivity (Wildman–Crippen MR) is 150 cm³/mol. The molecule has 0 saturated carbocycles. The number of sulfonamides is 1. The van der Waals surface area contributed by atoms with Crippen molar-refractivity contribution in [3.05, 3.63) is 125 Å². The molecule has 8 nitrogen and oxygen atoms in total. The number of hydrogen-bond donors (Lipinski definition) is 1. The number of para-hydroxylation sites is 1. The number of nitrogens with zero attached hydrogens (tertiary/aromatic N) is 2. The number of anilines is 1. The van der Waals surface area contributed by atoms with Gasteiger partial charge in [0, 0.05) is 0 Å². The van der Waals surface area contributed by atoms with Crippen molar-refractivity contribution in [1.82, 2.24) is 5.43 Å². The summed E-state index contributed by atoms with van der Waals surface area (Å²) in [7, 11) is -4.02. The summed E-state index contributed by atoms with van der Waals surface area (Å²) in [4.78, 5) is 25.1. The molecule has 4 aromatic rings. The van der Waals surface area contributed by atoms with Gasteiger partial charge in [0.15, 0.2) is 0 Å². The van der Waals surface area contributed by atoms with Gasteiger partial charge < -0.3 is 4.74 Å². The molecule has 9 heteroatoms. The number of hydrazone groups is 1. The van der Waals surface area contributed by atoms with Crippen molar-refractivity contribution in [2.24, 2.45) is 5.10 Å². The fourth-order valence-electron chi connectivity index (χ4n) is 3.69. The monoisotopic (exact) mass is 541 g/mol. The number of carbonyl (C=O) groups excluding carboxylic acids is 2. The van der Waals surface area contributed by atoms with E-state index in [1.807, 2.05) is 13.0 Å². The zero-order chi connectivity index (χ0) is 27.8. The van der Waals surface area contributed by atoms with E-state index >= 15 is 0 Å². The topological polar surface area (TPSA) is 105 Å². The van der Waals surface area contributed by atoms with Crippen LogP contribution in [0.4, 0.5) is 5.69 Å². The molecule has 198 valence electrons. The van der Waals surface area contributed by atoms with Crippen LogP contribution in [0.3, 0.4) is 0 Å². The summed E-state index contributed by atoms with van der Waals surface area (Å²) in [6.07, 6.45) is 1.41. The first-order valence-electron chi connectivity index (χ1n) is 12.1. The van der Waals surface area contributed by atoms with E-state index in [0.29, 0.717) is 28.1 Å². The standard InChI is InChI=1S/C30H27N3O5S/c1-22-12-18-27(19-13-22)39(36,37)33(28-11-7-6-8-23(28)2)21-29(34)32-31-20-24-14-16-26(17-15-24)38-30(35)25-9-4-3-5-10-25/h3-20H,21H2,1-2H3,(H,32,34)/b31-20-. The third-order valence-corrected chi connectivity index (χ3v) is 7.56. The zero-order valence-corrected chi connectivity index (χ0v) is 22.3. The van der Waals surface area contributed by atoms with Crippen LogP contribution >= 0.6 is 0 Å². The molecule has 0 aromatic heterocycles. The van der Waals surface area contributed by atoms with Crippen molar-refractivity contribution in [1.29, 1.82) is 0 Å². The van der Waals surface area contributed by atoms with Crippen LogP contribution in [-0.2, 0) is 14.8 Å². The number of carbonyl (C=O) groups is 2. The van der Waals surface area contributed by atoms with Gasteiger partial charge in [-0.15, -0.1) is 0 Å². The van der Waals surface area contributed by atoms with Crippen LogP contribution in [0.25, 0.3) is 0 Å². The summed E-state index contributed by atoms with van der Waals surface area (Å²) in [5.41, 5.74) is 5.50. The van der Waals surface area contributed by atoms with Gasteiger partial charge in [-0.1, -0.05) is 54.1 Å². The van der Waals surface area contributed by atoms with Gasteiger partial charge in [0.25, 0.3) is 15.9 Å². The van der Waals surface area contributed by atoms with Crippen molar-refractivity contribution < 1.29 is 22.7 Å². The highest BCUT2D eigenvalue weighted by Crippen LogP contribution is 2.26. The maximum absolute atomic E-state index is 13.5. The van der Waals surface area contributed by atoms with Gasteiger partial charge in [0.1, 0.15) is 12.3 Å². The minimum Gasteiger partial charge on any atom is -0.423 e. The molecule has 0 spiro atoms. The summed E-state index contributed by atoms with van der Waals surface area (Å²) >= 11 is 0. The lowest BCUT2D eigenvalue weighted by Crippen LogP contribution is -2.40. The molecular formula is C30H27N3O5S. The van der Waals surface area contributed by atoms with Crippen LogP contribution in [0.15, 0.2) is 113 Å². The van der Waals surface area contributed by atoms with E-state index in [9.17, 15) is 18.0 Å². The first-order valence-corrected chi connectivity index (χ1v) is 13.5. The number of aryl methyl sites for hydroxylation is 2. The SMILES string of the molecule is Cc1ccc(S(=O)(=O)N(CC(=O)N/N=C\c2ccc(OC(=O)c3ccccc3)cc2)c2ccccc2C)cc1. The molecule has 0 bridgehead atoms. The number of rotatable bonds is 9. The molecule has 0 fully saturated rings. The van der Waals surface area contributed by atoms with Gasteiger partial charge in [0.05, 0.1) is 22.4 Å². The molecule has 0 saturated heterocycles. The van der Waals surface area contributed by atoms with Crippen LogP contribution in [0.2, 0.25) is 0 Å². The van der Waals surface area contributed by atoms with Crippen LogP contribution in [-0.4, -0.2) is 33.1 Å². The highest BCUT2D eigenvalue weighted by atomic mass is 32.2. The number of benzene rings is 4. The molecule has 0 radical (unpaired) electrons. The number of esters is 1. The van der Waals surface area contributed by atoms with Crippen molar-refractivity contribution in [2.45, 2.75) is 18.7 Å². The molecule has 0 atom stereocenters. The van der Waals surface area contributed by atoms with Crippen LogP contribution in [0, 0.1) is 13.8 Å². The second-order valence-corrected chi connectivity index (χ2v) is 10.6. The van der Waals surface area contributed by atoms with Gasteiger partial charge in [0.2, 0.25) is 0 Å². The Bertz CT molecular complexity index is 1580. The predicted octanol–water partition coefficient (Wildman–Crippen LogP) is 4.87. The Labute approximate surface area is 227 Å². The summed E-state index contributed by atoms with van der Waals surface area (Å²) in [5.74, 6) is -0.720. The van der Waals surface area contributed by atoms with Gasteiger partial charge in [-0.05, 0) is 79.6 Å². The average Bonchev–Trinajstić information content (AvgIpc) is 2.94. The lowest BCUT2D eigenvalue weighted by atomic mass is 10.2. The van der Waals surface area contributed by atoms with E-state index in [0.717, 1.165) is 9.87 Å². The summed E-state index contributed by atoms with van der Waals surface area (Å²) < 4.78 is 33.4. The Morgan fingerprint density at radius 2 is 1.49 bits per heavy atom. The van der Waals surface area contributed by atoms with Crippen LogP contribution in [0.1, 0.15) is 27.0 Å². The van der Waals surface area contributed by atoms with Gasteiger partial charge in [-0.25, -0.2) is 18.6 Å². The molecule has 0 unspecified atom stereocenters. The van der Waals surface area contributed by atoms with Crippen molar-refractivity contribution in [3.63, 3.8) is 0 Å². The molecule has 1 amide bonds. The Balaban J connectivity index is 1.43. The van der Waals surface area contributed by atoms with E-state index in [4.69, 9.17) is 4.74 Å². The highest BCUT2D eigenvalue weighted by molar-refractivity contribution is 7.92. The Morgan fingerprint density at radius 3 is 2.15 bits per heavy atom. The van der Waals surface area contributed by atoms with Gasteiger partial charge >= 0.3 is 5.97 Å². The summed E-state index contributed by atoms with van der Waals surface area (Å²) in [6.45, 7) is 3.18. The molecule has 1 N–H and O–H groups in total. The van der Waals surface area contributed by atoms with Crippen molar-refractivity contribution in [2.75, 3.05) is 10.8 Å². The van der Waals surface area contributed by atoms with E-state index in [2.05, 4.69) is 10.5 Å². The minimum absolute atomic E-state index is 0.0840.